The van der Waals surface area contributed by atoms with Crippen molar-refractivity contribution < 1.29 is 0 Å². The van der Waals surface area contributed by atoms with Gasteiger partial charge in [0.05, 0.1) is 11.0 Å². The number of hydrogen-bond acceptors (Lipinski definition) is 3. The first-order valence-corrected chi connectivity index (χ1v) is 15.3. The molecule has 3 heteroatoms. The lowest BCUT2D eigenvalue weighted by atomic mass is 9.91. The molecule has 0 bridgehead atoms. The standard InChI is InChI=1S/C40H24N2S/c1-2-8-25(9-3-1)26-15-18-37-35(22-26)36-24-28(16-19-38(36)43-37)30-11-5-4-10-29(30)27-14-17-33-34(23-27)31-12-6-7-13-32(31)39-40(33)42-21-20-41-39/h1-24H. The molecule has 0 aliphatic carbocycles. The normalized spacial score (nSPS) is 11.7. The molecule has 0 fully saturated rings. The van der Waals surface area contributed by atoms with E-state index in [1.165, 1.54) is 64.3 Å². The highest BCUT2D eigenvalue weighted by atomic mass is 32.1. The first-order chi connectivity index (χ1) is 21.3. The van der Waals surface area contributed by atoms with Crippen LogP contribution in [0.2, 0.25) is 0 Å². The SMILES string of the molecule is c1ccc(-c2ccc3sc4ccc(-c5ccccc5-c5ccc6c(c5)c5ccccc5c5nccnc65)cc4c3c2)cc1. The number of aromatic nitrogens is 2. The maximum atomic E-state index is 4.74. The number of thiophene rings is 1. The zero-order valence-corrected chi connectivity index (χ0v) is 24.0. The number of benzene rings is 7. The van der Waals surface area contributed by atoms with Crippen LogP contribution < -0.4 is 0 Å². The van der Waals surface area contributed by atoms with Crippen molar-refractivity contribution in [2.24, 2.45) is 0 Å². The molecule has 0 unspecified atom stereocenters. The molecule has 0 radical (unpaired) electrons. The van der Waals surface area contributed by atoms with Crippen molar-refractivity contribution in [1.82, 2.24) is 9.97 Å². The molecular formula is C40H24N2S. The lowest BCUT2D eigenvalue weighted by molar-refractivity contribution is 1.31. The van der Waals surface area contributed by atoms with Gasteiger partial charge in [0.15, 0.2) is 0 Å². The van der Waals surface area contributed by atoms with E-state index >= 15 is 0 Å². The average molecular weight is 565 g/mol. The number of fused-ring (bicyclic) bond motifs is 9. The summed E-state index contributed by atoms with van der Waals surface area (Å²) in [6, 6.07) is 48.5. The van der Waals surface area contributed by atoms with Crippen molar-refractivity contribution in [3.63, 3.8) is 0 Å². The molecular weight excluding hydrogens is 541 g/mol. The van der Waals surface area contributed by atoms with E-state index in [-0.39, 0.29) is 0 Å². The molecule has 43 heavy (non-hydrogen) atoms. The third kappa shape index (κ3) is 3.86. The number of nitrogens with zero attached hydrogens (tertiary/aromatic N) is 2. The predicted molar refractivity (Wildman–Crippen MR) is 184 cm³/mol. The molecule has 0 atom stereocenters. The van der Waals surface area contributed by atoms with Crippen molar-refractivity contribution in [3.8, 4) is 33.4 Å². The van der Waals surface area contributed by atoms with Gasteiger partial charge < -0.3 is 0 Å². The number of rotatable bonds is 3. The van der Waals surface area contributed by atoms with Gasteiger partial charge in [0.25, 0.3) is 0 Å². The second kappa shape index (κ2) is 9.59. The third-order valence-electron chi connectivity index (χ3n) is 8.57. The summed E-state index contributed by atoms with van der Waals surface area (Å²) in [4.78, 5) is 9.44. The number of hydrogen-bond donors (Lipinski definition) is 0. The minimum atomic E-state index is 0.945. The first-order valence-electron chi connectivity index (χ1n) is 14.5. The second-order valence-electron chi connectivity index (χ2n) is 11.0. The van der Waals surface area contributed by atoms with Crippen LogP contribution in [0.1, 0.15) is 0 Å². The quantitative estimate of drug-likeness (QED) is 0.199. The Balaban J connectivity index is 1.24. The fraction of sp³-hybridized carbons (Fsp3) is 0. The van der Waals surface area contributed by atoms with Crippen LogP contribution in [0.5, 0.6) is 0 Å². The van der Waals surface area contributed by atoms with Gasteiger partial charge in [-0.2, -0.15) is 0 Å². The Morgan fingerprint density at radius 3 is 1.56 bits per heavy atom. The Labute approximate surface area is 252 Å². The Hall–Kier alpha value is -5.38. The lowest BCUT2D eigenvalue weighted by Crippen LogP contribution is -1.90. The molecule has 0 aliphatic rings. The topological polar surface area (TPSA) is 25.8 Å². The molecule has 2 aromatic heterocycles. The lowest BCUT2D eigenvalue weighted by Gasteiger charge is -2.13. The monoisotopic (exact) mass is 564 g/mol. The highest BCUT2D eigenvalue weighted by Crippen LogP contribution is 2.41. The first kappa shape index (κ1) is 24.2. The zero-order chi connectivity index (χ0) is 28.3. The Kier molecular flexibility index (Phi) is 5.40. The molecule has 2 heterocycles. The van der Waals surface area contributed by atoms with E-state index in [9.17, 15) is 0 Å². The Morgan fingerprint density at radius 2 is 0.860 bits per heavy atom. The van der Waals surface area contributed by atoms with Gasteiger partial charge in [0.1, 0.15) is 0 Å². The van der Waals surface area contributed by atoms with Crippen LogP contribution >= 0.6 is 11.3 Å². The van der Waals surface area contributed by atoms with Gasteiger partial charge in [-0.25, -0.2) is 0 Å². The van der Waals surface area contributed by atoms with E-state index in [0.29, 0.717) is 0 Å². The molecule has 200 valence electrons. The van der Waals surface area contributed by atoms with Gasteiger partial charge in [-0.15, -0.1) is 11.3 Å². The van der Waals surface area contributed by atoms with Gasteiger partial charge in [0.2, 0.25) is 0 Å². The minimum Gasteiger partial charge on any atom is -0.252 e. The Bertz CT molecular complexity index is 2470. The molecule has 0 amide bonds. The molecule has 9 aromatic rings. The van der Waals surface area contributed by atoms with E-state index in [1.54, 1.807) is 12.4 Å². The largest absolute Gasteiger partial charge is 0.252 e. The molecule has 2 nitrogen and oxygen atoms in total. The van der Waals surface area contributed by atoms with E-state index in [4.69, 9.17) is 9.97 Å². The van der Waals surface area contributed by atoms with E-state index in [1.807, 2.05) is 11.3 Å². The summed E-state index contributed by atoms with van der Waals surface area (Å²) in [5.74, 6) is 0. The van der Waals surface area contributed by atoms with E-state index in [2.05, 4.69) is 133 Å². The highest BCUT2D eigenvalue weighted by molar-refractivity contribution is 7.25. The zero-order valence-electron chi connectivity index (χ0n) is 23.2. The summed E-state index contributed by atoms with van der Waals surface area (Å²) in [6.45, 7) is 0. The summed E-state index contributed by atoms with van der Waals surface area (Å²) >= 11 is 1.86. The van der Waals surface area contributed by atoms with Gasteiger partial charge in [-0.1, -0.05) is 103 Å². The molecule has 0 N–H and O–H groups in total. The van der Waals surface area contributed by atoms with Crippen LogP contribution in [-0.2, 0) is 0 Å². The maximum absolute atomic E-state index is 4.74. The summed E-state index contributed by atoms with van der Waals surface area (Å²) < 4.78 is 2.63. The van der Waals surface area contributed by atoms with Crippen LogP contribution in [0.25, 0.3) is 86.1 Å². The summed E-state index contributed by atoms with van der Waals surface area (Å²) in [6.07, 6.45) is 3.56. The van der Waals surface area contributed by atoms with Crippen LogP contribution in [0.15, 0.2) is 146 Å². The third-order valence-corrected chi connectivity index (χ3v) is 9.72. The van der Waals surface area contributed by atoms with Gasteiger partial charge in [0, 0.05) is 43.3 Å². The highest BCUT2D eigenvalue weighted by Gasteiger charge is 2.15. The van der Waals surface area contributed by atoms with Crippen LogP contribution in [0.4, 0.5) is 0 Å². The van der Waals surface area contributed by atoms with Crippen molar-refractivity contribution in [2.75, 3.05) is 0 Å². The smallest absolute Gasteiger partial charge is 0.0971 e. The Morgan fingerprint density at radius 1 is 0.349 bits per heavy atom. The fourth-order valence-corrected chi connectivity index (χ4v) is 7.61. The van der Waals surface area contributed by atoms with Crippen LogP contribution in [0.3, 0.4) is 0 Å². The summed E-state index contributed by atoms with van der Waals surface area (Å²) in [5.41, 5.74) is 9.25. The van der Waals surface area contributed by atoms with Crippen molar-refractivity contribution >= 4 is 64.1 Å². The second-order valence-corrected chi connectivity index (χ2v) is 12.1. The van der Waals surface area contributed by atoms with Crippen LogP contribution in [-0.4, -0.2) is 9.97 Å². The predicted octanol–water partition coefficient (Wildman–Crippen LogP) is 11.3. The van der Waals surface area contributed by atoms with E-state index < -0.39 is 0 Å². The maximum Gasteiger partial charge on any atom is 0.0971 e. The fourth-order valence-electron chi connectivity index (χ4n) is 6.54. The average Bonchev–Trinajstić information content (AvgIpc) is 3.46. The van der Waals surface area contributed by atoms with Crippen LogP contribution in [0, 0.1) is 0 Å². The van der Waals surface area contributed by atoms with Crippen molar-refractivity contribution in [2.45, 2.75) is 0 Å². The molecule has 7 aromatic carbocycles. The summed E-state index contributed by atoms with van der Waals surface area (Å²) in [7, 11) is 0. The van der Waals surface area contributed by atoms with Gasteiger partial charge in [-0.3, -0.25) is 9.97 Å². The molecule has 0 saturated carbocycles. The summed E-state index contributed by atoms with van der Waals surface area (Å²) in [5, 5.41) is 7.27. The van der Waals surface area contributed by atoms with Crippen molar-refractivity contribution in [3.05, 3.63) is 146 Å². The van der Waals surface area contributed by atoms with E-state index in [0.717, 1.165) is 21.8 Å². The minimum absolute atomic E-state index is 0.945. The van der Waals surface area contributed by atoms with Gasteiger partial charge >= 0.3 is 0 Å². The molecule has 9 rings (SSSR count). The van der Waals surface area contributed by atoms with Crippen molar-refractivity contribution in [1.29, 1.82) is 0 Å². The molecule has 0 spiro atoms. The molecule has 0 saturated heterocycles. The molecule has 0 aliphatic heterocycles. The van der Waals surface area contributed by atoms with Gasteiger partial charge in [-0.05, 0) is 74.5 Å².